The van der Waals surface area contributed by atoms with Crippen LogP contribution in [0.25, 0.3) is 27.6 Å². The zero-order valence-electron chi connectivity index (χ0n) is 22.5. The quantitative estimate of drug-likeness (QED) is 0.335. The fourth-order valence-electron chi connectivity index (χ4n) is 4.85. The lowest BCUT2D eigenvalue weighted by molar-refractivity contribution is 0.0419. The lowest BCUT2D eigenvalue weighted by atomic mass is 9.70. The van der Waals surface area contributed by atoms with Crippen LogP contribution in [-0.2, 0) is 4.74 Å². The third kappa shape index (κ3) is 5.68. The van der Waals surface area contributed by atoms with Gasteiger partial charge in [-0.3, -0.25) is 0 Å². The number of hydrogen-bond donors (Lipinski definition) is 1. The number of pyridine rings is 2. The number of benzene rings is 1. The van der Waals surface area contributed by atoms with Crippen LogP contribution in [0.3, 0.4) is 0 Å². The highest BCUT2D eigenvalue weighted by Gasteiger charge is 2.41. The zero-order valence-corrected chi connectivity index (χ0v) is 22.5. The van der Waals surface area contributed by atoms with Gasteiger partial charge in [0.1, 0.15) is 17.4 Å². The number of hydrogen-bond acceptors (Lipinski definition) is 5. The molecule has 3 aromatic rings. The predicted molar refractivity (Wildman–Crippen MR) is 152 cm³/mol. The van der Waals surface area contributed by atoms with Crippen molar-refractivity contribution in [3.63, 3.8) is 0 Å². The molecule has 0 aliphatic heterocycles. The molecule has 6 nitrogen and oxygen atoms in total. The molecule has 194 valence electrons. The molecule has 38 heavy (non-hydrogen) atoms. The van der Waals surface area contributed by atoms with Crippen LogP contribution in [0, 0.1) is 11.3 Å². The number of alkyl carbamates (subject to hydrolysis) is 1. The van der Waals surface area contributed by atoms with Crippen LogP contribution in [0.15, 0.2) is 79.0 Å². The van der Waals surface area contributed by atoms with Crippen LogP contribution in [0.1, 0.15) is 64.8 Å². The molecular weight excluding hydrogens is 472 g/mol. The summed E-state index contributed by atoms with van der Waals surface area (Å²) in [6.07, 6.45) is 10.7. The molecule has 1 saturated carbocycles. The summed E-state index contributed by atoms with van der Waals surface area (Å²) >= 11 is 0. The van der Waals surface area contributed by atoms with Crippen molar-refractivity contribution in [2.75, 3.05) is 0 Å². The Bertz CT molecular complexity index is 1450. The topological polar surface area (TPSA) is 87.9 Å². The van der Waals surface area contributed by atoms with Crippen molar-refractivity contribution in [1.29, 1.82) is 5.26 Å². The maximum absolute atomic E-state index is 12.7. The van der Waals surface area contributed by atoms with Crippen LogP contribution >= 0.6 is 0 Å². The number of nitriles is 1. The van der Waals surface area contributed by atoms with E-state index in [1.807, 2.05) is 69.3 Å². The van der Waals surface area contributed by atoms with E-state index in [4.69, 9.17) is 9.72 Å². The Balaban J connectivity index is 1.80. The Morgan fingerprint density at radius 3 is 2.53 bits per heavy atom. The number of nitrogens with one attached hydrogen (secondary N) is 1. The number of fused-ring (bicyclic) bond motifs is 1. The molecule has 0 unspecified atom stereocenters. The Morgan fingerprint density at radius 2 is 1.95 bits per heavy atom. The van der Waals surface area contributed by atoms with E-state index >= 15 is 0 Å². The van der Waals surface area contributed by atoms with Gasteiger partial charge in [0, 0.05) is 22.7 Å². The Morgan fingerprint density at radius 1 is 1.21 bits per heavy atom. The van der Waals surface area contributed by atoms with Gasteiger partial charge >= 0.3 is 6.09 Å². The SMILES string of the molecule is C=C/C(=C\C=C(/CC)C1(NC(=O)OC(C)(C)C)CCC1)c1nc2ccnc(C#N)c2cc1-c1ccccc1. The molecule has 1 aromatic carbocycles. The minimum Gasteiger partial charge on any atom is -0.444 e. The van der Waals surface area contributed by atoms with Crippen molar-refractivity contribution in [1.82, 2.24) is 15.3 Å². The summed E-state index contributed by atoms with van der Waals surface area (Å²) in [5, 5.41) is 13.5. The molecule has 1 aliphatic rings. The Kier molecular flexibility index (Phi) is 7.78. The van der Waals surface area contributed by atoms with Crippen LogP contribution in [0.4, 0.5) is 4.79 Å². The smallest absolute Gasteiger partial charge is 0.408 e. The van der Waals surface area contributed by atoms with E-state index in [9.17, 15) is 10.1 Å². The second kappa shape index (κ2) is 11.0. The maximum atomic E-state index is 12.7. The minimum atomic E-state index is -0.558. The van der Waals surface area contributed by atoms with Gasteiger partial charge in [-0.2, -0.15) is 5.26 Å². The number of aromatic nitrogens is 2. The molecular formula is C32H34N4O2. The summed E-state index contributed by atoms with van der Waals surface area (Å²) in [4.78, 5) is 21.8. The standard InChI is InChI=1S/C32H34N4O2/c1-6-22(14-15-24(7-2)32(17-11-18-32)36-30(37)38-31(3,4)5)29-25(23-12-9-8-10-13-23)20-26-27(35-29)16-19-34-28(26)21-33/h6,8-10,12-16,19-20H,1,7,11,17-18H2,2-5H3,(H,36,37)/b22-14+,24-15+. The number of nitrogens with zero attached hydrogens (tertiary/aromatic N) is 3. The zero-order chi connectivity index (χ0) is 27.3. The highest BCUT2D eigenvalue weighted by atomic mass is 16.6. The molecule has 1 aliphatic carbocycles. The van der Waals surface area contributed by atoms with E-state index in [0.717, 1.165) is 53.7 Å². The monoisotopic (exact) mass is 506 g/mol. The Hall–Kier alpha value is -4.24. The normalized spacial score (nSPS) is 15.3. The molecule has 4 rings (SSSR count). The maximum Gasteiger partial charge on any atom is 0.408 e. The van der Waals surface area contributed by atoms with Gasteiger partial charge in [-0.15, -0.1) is 0 Å². The fourth-order valence-corrected chi connectivity index (χ4v) is 4.85. The largest absolute Gasteiger partial charge is 0.444 e. The van der Waals surface area contributed by atoms with Crippen LogP contribution in [-0.4, -0.2) is 27.2 Å². The molecule has 0 spiro atoms. The number of amides is 1. The highest BCUT2D eigenvalue weighted by Crippen LogP contribution is 2.40. The second-order valence-electron chi connectivity index (χ2n) is 10.5. The van der Waals surface area contributed by atoms with Gasteiger partial charge in [0.15, 0.2) is 0 Å². The summed E-state index contributed by atoms with van der Waals surface area (Å²) in [7, 11) is 0. The predicted octanol–water partition coefficient (Wildman–Crippen LogP) is 7.52. The molecule has 0 atom stereocenters. The van der Waals surface area contributed by atoms with Crippen molar-refractivity contribution in [2.45, 2.75) is 64.5 Å². The van der Waals surface area contributed by atoms with E-state index in [0.29, 0.717) is 16.6 Å². The van der Waals surface area contributed by atoms with E-state index < -0.39 is 17.2 Å². The molecule has 0 radical (unpaired) electrons. The number of ether oxygens (including phenoxy) is 1. The first-order valence-corrected chi connectivity index (χ1v) is 13.0. The molecule has 0 bridgehead atoms. The third-order valence-corrected chi connectivity index (χ3v) is 6.83. The average Bonchev–Trinajstić information content (AvgIpc) is 2.87. The molecule has 6 heteroatoms. The summed E-state index contributed by atoms with van der Waals surface area (Å²) in [5.41, 5.74) is 4.69. The number of carbonyl (C=O) groups is 1. The minimum absolute atomic E-state index is 0.344. The van der Waals surface area contributed by atoms with Gasteiger partial charge in [-0.1, -0.05) is 62.1 Å². The van der Waals surface area contributed by atoms with Gasteiger partial charge < -0.3 is 10.1 Å². The van der Waals surface area contributed by atoms with E-state index in [2.05, 4.69) is 35.9 Å². The van der Waals surface area contributed by atoms with Crippen LogP contribution in [0.2, 0.25) is 0 Å². The fraction of sp³-hybridized carbons (Fsp3) is 0.312. The van der Waals surface area contributed by atoms with Gasteiger partial charge in [-0.25, -0.2) is 14.8 Å². The van der Waals surface area contributed by atoms with Crippen molar-refractivity contribution < 1.29 is 9.53 Å². The number of carbonyl (C=O) groups excluding carboxylic acids is 1. The van der Waals surface area contributed by atoms with Gasteiger partial charge in [0.05, 0.1) is 16.7 Å². The third-order valence-electron chi connectivity index (χ3n) is 6.83. The summed E-state index contributed by atoms with van der Waals surface area (Å²) in [5.74, 6) is 0. The number of allylic oxidation sites excluding steroid dienone is 4. The van der Waals surface area contributed by atoms with Crippen molar-refractivity contribution in [2.24, 2.45) is 0 Å². The van der Waals surface area contributed by atoms with E-state index in [1.54, 1.807) is 12.3 Å². The van der Waals surface area contributed by atoms with Crippen molar-refractivity contribution >= 4 is 22.6 Å². The van der Waals surface area contributed by atoms with E-state index in [1.165, 1.54) is 0 Å². The molecule has 1 amide bonds. The molecule has 2 heterocycles. The van der Waals surface area contributed by atoms with Crippen LogP contribution < -0.4 is 5.32 Å². The summed E-state index contributed by atoms with van der Waals surface area (Å²) in [6, 6.07) is 16.0. The lowest BCUT2D eigenvalue weighted by Gasteiger charge is -2.44. The first-order chi connectivity index (χ1) is 18.2. The van der Waals surface area contributed by atoms with Gasteiger partial charge in [-0.05, 0) is 69.7 Å². The summed E-state index contributed by atoms with van der Waals surface area (Å²) in [6.45, 7) is 11.8. The first kappa shape index (κ1) is 26.8. The second-order valence-corrected chi connectivity index (χ2v) is 10.5. The Labute approximate surface area is 224 Å². The van der Waals surface area contributed by atoms with Gasteiger partial charge in [0.25, 0.3) is 0 Å². The van der Waals surface area contributed by atoms with Crippen molar-refractivity contribution in [3.05, 3.63) is 90.4 Å². The molecule has 2 aromatic heterocycles. The molecule has 1 fully saturated rings. The first-order valence-electron chi connectivity index (χ1n) is 13.0. The highest BCUT2D eigenvalue weighted by molar-refractivity contribution is 5.93. The molecule has 1 N–H and O–H groups in total. The average molecular weight is 507 g/mol. The van der Waals surface area contributed by atoms with Gasteiger partial charge in [0.2, 0.25) is 0 Å². The summed E-state index contributed by atoms with van der Waals surface area (Å²) < 4.78 is 5.56. The van der Waals surface area contributed by atoms with Crippen molar-refractivity contribution in [3.8, 4) is 17.2 Å². The molecule has 0 saturated heterocycles. The number of rotatable bonds is 7. The van der Waals surface area contributed by atoms with E-state index in [-0.39, 0.29) is 0 Å². The van der Waals surface area contributed by atoms with Crippen LogP contribution in [0.5, 0.6) is 0 Å². The lowest BCUT2D eigenvalue weighted by Crippen LogP contribution is -2.55.